The summed E-state index contributed by atoms with van der Waals surface area (Å²) in [6, 6.07) is 7.94. The van der Waals surface area contributed by atoms with Crippen molar-refractivity contribution in [3.8, 4) is 0 Å². The molecule has 2 aromatic heterocycles. The number of aromatic amines is 1. The van der Waals surface area contributed by atoms with Gasteiger partial charge in [-0.1, -0.05) is 19.1 Å². The van der Waals surface area contributed by atoms with Crippen molar-refractivity contribution in [3.05, 3.63) is 35.7 Å². The van der Waals surface area contributed by atoms with E-state index in [4.69, 9.17) is 5.84 Å². The Morgan fingerprint density at radius 2 is 2.05 bits per heavy atom. The van der Waals surface area contributed by atoms with Gasteiger partial charge in [0.1, 0.15) is 16.7 Å². The van der Waals surface area contributed by atoms with Gasteiger partial charge in [0, 0.05) is 12.0 Å². The zero-order valence-electron chi connectivity index (χ0n) is 11.8. The van der Waals surface area contributed by atoms with E-state index in [1.54, 1.807) is 0 Å². The van der Waals surface area contributed by atoms with Crippen LogP contribution in [0.25, 0.3) is 11.0 Å². The minimum Gasteiger partial charge on any atom is -0.333 e. The van der Waals surface area contributed by atoms with E-state index in [1.165, 1.54) is 11.8 Å². The zero-order valence-corrected chi connectivity index (χ0v) is 12.7. The van der Waals surface area contributed by atoms with Gasteiger partial charge in [0.25, 0.3) is 0 Å². The molecule has 3 aromatic rings. The van der Waals surface area contributed by atoms with Crippen LogP contribution in [-0.2, 0) is 6.42 Å². The number of para-hydroxylation sites is 2. The Balaban J connectivity index is 2.00. The number of aromatic nitrogens is 4. The van der Waals surface area contributed by atoms with Crippen molar-refractivity contribution in [1.29, 1.82) is 0 Å². The molecular weight excluding hydrogens is 284 g/mol. The molecule has 0 aliphatic rings. The first-order chi connectivity index (χ1) is 10.2. The normalized spacial score (nSPS) is 11.0. The maximum absolute atomic E-state index is 5.52. The summed E-state index contributed by atoms with van der Waals surface area (Å²) < 4.78 is 0. The fraction of sp³-hybridized carbons (Fsp3) is 0.214. The van der Waals surface area contributed by atoms with Gasteiger partial charge in [0.05, 0.1) is 11.0 Å². The van der Waals surface area contributed by atoms with E-state index in [0.29, 0.717) is 5.82 Å². The first kappa shape index (κ1) is 13.8. The van der Waals surface area contributed by atoms with Gasteiger partial charge < -0.3 is 10.4 Å². The van der Waals surface area contributed by atoms with Crippen LogP contribution >= 0.6 is 11.8 Å². The molecule has 2 heterocycles. The Bertz CT molecular complexity index is 749. The van der Waals surface area contributed by atoms with E-state index in [2.05, 4.69) is 25.4 Å². The van der Waals surface area contributed by atoms with Gasteiger partial charge >= 0.3 is 0 Å². The minimum atomic E-state index is 0.653. The Hall–Kier alpha value is -2.12. The van der Waals surface area contributed by atoms with Crippen LogP contribution in [0, 0.1) is 6.92 Å². The van der Waals surface area contributed by atoms with E-state index in [9.17, 15) is 0 Å². The molecule has 0 unspecified atom stereocenters. The van der Waals surface area contributed by atoms with Crippen LogP contribution in [0.5, 0.6) is 0 Å². The third-order valence-electron chi connectivity index (χ3n) is 3.16. The van der Waals surface area contributed by atoms with E-state index >= 15 is 0 Å². The lowest BCUT2D eigenvalue weighted by atomic mass is 10.3. The molecule has 0 bridgehead atoms. The van der Waals surface area contributed by atoms with Crippen molar-refractivity contribution in [2.75, 3.05) is 5.43 Å². The molecule has 0 saturated carbocycles. The van der Waals surface area contributed by atoms with Gasteiger partial charge in [0.2, 0.25) is 0 Å². The largest absolute Gasteiger partial charge is 0.333 e. The summed E-state index contributed by atoms with van der Waals surface area (Å²) in [7, 11) is 0. The van der Waals surface area contributed by atoms with Crippen LogP contribution in [-0.4, -0.2) is 19.9 Å². The molecule has 7 heteroatoms. The lowest BCUT2D eigenvalue weighted by Crippen LogP contribution is -2.13. The third-order valence-corrected chi connectivity index (χ3v) is 4.14. The number of nitrogens with two attached hydrogens (primary N) is 1. The summed E-state index contributed by atoms with van der Waals surface area (Å²) in [6.45, 7) is 3.96. The van der Waals surface area contributed by atoms with Crippen molar-refractivity contribution in [1.82, 2.24) is 19.9 Å². The summed E-state index contributed by atoms with van der Waals surface area (Å²) in [5, 5.41) is 1.66. The van der Waals surface area contributed by atoms with Crippen LogP contribution in [0.1, 0.15) is 18.3 Å². The highest BCUT2D eigenvalue weighted by atomic mass is 32.2. The summed E-state index contributed by atoms with van der Waals surface area (Å²) in [4.78, 5) is 16.8. The third kappa shape index (κ3) is 2.70. The number of hydrazine groups is 1. The summed E-state index contributed by atoms with van der Waals surface area (Å²) in [5.74, 6) is 6.93. The highest BCUT2D eigenvalue weighted by molar-refractivity contribution is 7.99. The smallest absolute Gasteiger partial charge is 0.172 e. The zero-order chi connectivity index (χ0) is 14.8. The second-order valence-corrected chi connectivity index (χ2v) is 5.56. The second-order valence-electron chi connectivity index (χ2n) is 4.58. The van der Waals surface area contributed by atoms with Crippen LogP contribution in [0.4, 0.5) is 5.82 Å². The number of rotatable bonds is 4. The molecule has 0 saturated heterocycles. The fourth-order valence-electron chi connectivity index (χ4n) is 2.01. The van der Waals surface area contributed by atoms with Gasteiger partial charge in [-0.25, -0.2) is 20.8 Å². The molecule has 6 nitrogen and oxygen atoms in total. The first-order valence-electron chi connectivity index (χ1n) is 6.68. The standard InChI is InChI=1S/C14H16N6S/c1-3-11-18-12(20-15)8(2)13(19-11)21-14-16-9-6-4-5-7-10(9)17-14/h4-7H,3,15H2,1-2H3,(H,16,17)(H,18,19,20). The van der Waals surface area contributed by atoms with Crippen molar-refractivity contribution >= 4 is 28.6 Å². The predicted molar refractivity (Wildman–Crippen MR) is 84.2 cm³/mol. The number of nitrogens with zero attached hydrogens (tertiary/aromatic N) is 3. The van der Waals surface area contributed by atoms with Gasteiger partial charge in [0.15, 0.2) is 5.16 Å². The summed E-state index contributed by atoms with van der Waals surface area (Å²) in [5.41, 5.74) is 5.50. The van der Waals surface area contributed by atoms with Crippen molar-refractivity contribution < 1.29 is 0 Å². The SMILES string of the molecule is CCc1nc(NN)c(C)c(Sc2nc3ccccc3[nH]2)n1. The molecule has 0 amide bonds. The first-order valence-corrected chi connectivity index (χ1v) is 7.49. The monoisotopic (exact) mass is 300 g/mol. The number of imidazole rings is 1. The van der Waals surface area contributed by atoms with Crippen molar-refractivity contribution in [2.24, 2.45) is 5.84 Å². The number of nitrogen functional groups attached to an aromatic ring is 1. The number of H-pyrrole nitrogens is 1. The van der Waals surface area contributed by atoms with Gasteiger partial charge in [-0.3, -0.25) is 0 Å². The Morgan fingerprint density at radius 1 is 1.24 bits per heavy atom. The maximum atomic E-state index is 5.52. The van der Waals surface area contributed by atoms with Gasteiger partial charge in [-0.15, -0.1) is 0 Å². The molecule has 108 valence electrons. The Labute approximate surface area is 126 Å². The van der Waals surface area contributed by atoms with Crippen LogP contribution < -0.4 is 11.3 Å². The number of hydrogen-bond acceptors (Lipinski definition) is 6. The average molecular weight is 300 g/mol. The molecule has 3 rings (SSSR count). The number of fused-ring (bicyclic) bond motifs is 1. The topological polar surface area (TPSA) is 92.5 Å². The van der Waals surface area contributed by atoms with Gasteiger partial charge in [-0.05, 0) is 30.8 Å². The lowest BCUT2D eigenvalue weighted by molar-refractivity contribution is 0.869. The van der Waals surface area contributed by atoms with E-state index in [-0.39, 0.29) is 0 Å². The quantitative estimate of drug-likeness (QED) is 0.390. The number of hydrogen-bond donors (Lipinski definition) is 3. The minimum absolute atomic E-state index is 0.653. The molecular formula is C14H16N6S. The highest BCUT2D eigenvalue weighted by Crippen LogP contribution is 2.30. The maximum Gasteiger partial charge on any atom is 0.172 e. The number of benzene rings is 1. The molecule has 0 spiro atoms. The average Bonchev–Trinajstić information content (AvgIpc) is 2.91. The van der Waals surface area contributed by atoms with E-state index < -0.39 is 0 Å². The molecule has 4 N–H and O–H groups in total. The van der Waals surface area contributed by atoms with Crippen LogP contribution in [0.15, 0.2) is 34.4 Å². The van der Waals surface area contributed by atoms with Crippen molar-refractivity contribution in [3.63, 3.8) is 0 Å². The summed E-state index contributed by atoms with van der Waals surface area (Å²) >= 11 is 1.49. The number of aryl methyl sites for hydroxylation is 1. The Morgan fingerprint density at radius 3 is 2.76 bits per heavy atom. The fourth-order valence-corrected chi connectivity index (χ4v) is 2.90. The molecule has 0 fully saturated rings. The highest BCUT2D eigenvalue weighted by Gasteiger charge is 2.13. The molecule has 0 radical (unpaired) electrons. The van der Waals surface area contributed by atoms with Crippen molar-refractivity contribution in [2.45, 2.75) is 30.5 Å². The number of anilines is 1. The Kier molecular flexibility index (Phi) is 3.76. The molecule has 0 aliphatic heterocycles. The summed E-state index contributed by atoms with van der Waals surface area (Å²) in [6.07, 6.45) is 0.753. The van der Waals surface area contributed by atoms with E-state index in [1.807, 2.05) is 38.1 Å². The van der Waals surface area contributed by atoms with E-state index in [0.717, 1.165) is 39.0 Å². The van der Waals surface area contributed by atoms with Crippen LogP contribution in [0.2, 0.25) is 0 Å². The number of nitrogens with one attached hydrogen (secondary N) is 2. The lowest BCUT2D eigenvalue weighted by Gasteiger charge is -2.09. The molecule has 1 aromatic carbocycles. The van der Waals surface area contributed by atoms with Gasteiger partial charge in [-0.2, -0.15) is 0 Å². The molecule has 0 aliphatic carbocycles. The molecule has 0 atom stereocenters. The second kappa shape index (κ2) is 5.71. The molecule has 21 heavy (non-hydrogen) atoms. The van der Waals surface area contributed by atoms with Crippen LogP contribution in [0.3, 0.4) is 0 Å². The predicted octanol–water partition coefficient (Wildman–Crippen LogP) is 2.66.